The van der Waals surface area contributed by atoms with Crippen LogP contribution in [0.2, 0.25) is 0 Å². The van der Waals surface area contributed by atoms with Crippen LogP contribution in [-0.4, -0.2) is 40.0 Å². The number of non-ortho nitro benzene ring substituents is 1. The first-order valence-corrected chi connectivity index (χ1v) is 7.95. The summed E-state index contributed by atoms with van der Waals surface area (Å²) in [6.45, 7) is 0.104. The van der Waals surface area contributed by atoms with Gasteiger partial charge in [0.25, 0.3) is 11.6 Å². The van der Waals surface area contributed by atoms with Crippen LogP contribution in [0.3, 0.4) is 0 Å². The summed E-state index contributed by atoms with van der Waals surface area (Å²) < 4.78 is 10.4. The van der Waals surface area contributed by atoms with E-state index in [1.165, 1.54) is 29.2 Å². The summed E-state index contributed by atoms with van der Waals surface area (Å²) in [7, 11) is 3.15. The molecular formula is C18H16N4O5. The number of rotatable bonds is 6. The third-order valence-corrected chi connectivity index (χ3v) is 3.84. The van der Waals surface area contributed by atoms with Gasteiger partial charge in [-0.1, -0.05) is 17.3 Å². The number of aromatic nitrogens is 2. The third-order valence-electron chi connectivity index (χ3n) is 3.84. The molecule has 0 aliphatic heterocycles. The molecule has 9 heteroatoms. The summed E-state index contributed by atoms with van der Waals surface area (Å²) in [6, 6.07) is 12.6. The molecule has 0 atom stereocenters. The fourth-order valence-corrected chi connectivity index (χ4v) is 2.42. The van der Waals surface area contributed by atoms with Gasteiger partial charge in [-0.25, -0.2) is 0 Å². The Kier molecular flexibility index (Phi) is 5.11. The van der Waals surface area contributed by atoms with E-state index < -0.39 is 4.92 Å². The maximum absolute atomic E-state index is 12.4. The van der Waals surface area contributed by atoms with Crippen LogP contribution in [0.15, 0.2) is 53.1 Å². The predicted octanol–water partition coefficient (Wildman–Crippen LogP) is 2.93. The van der Waals surface area contributed by atoms with Crippen LogP contribution >= 0.6 is 0 Å². The first-order chi connectivity index (χ1) is 13.0. The molecule has 1 amide bonds. The molecule has 0 spiro atoms. The average molecular weight is 368 g/mol. The van der Waals surface area contributed by atoms with Crippen molar-refractivity contribution in [2.45, 2.75) is 6.54 Å². The number of carbonyl (C=O) groups is 1. The molecule has 3 rings (SSSR count). The number of nitrogens with zero attached hydrogens (tertiary/aromatic N) is 4. The second-order valence-electron chi connectivity index (χ2n) is 5.71. The Morgan fingerprint density at radius 3 is 2.67 bits per heavy atom. The molecule has 0 fully saturated rings. The van der Waals surface area contributed by atoms with Crippen LogP contribution < -0.4 is 4.74 Å². The molecule has 9 nitrogen and oxygen atoms in total. The summed E-state index contributed by atoms with van der Waals surface area (Å²) in [5, 5.41) is 14.6. The summed E-state index contributed by atoms with van der Waals surface area (Å²) in [6.07, 6.45) is 0. The zero-order valence-electron chi connectivity index (χ0n) is 14.7. The second kappa shape index (κ2) is 7.65. The van der Waals surface area contributed by atoms with E-state index in [1.807, 2.05) is 12.1 Å². The SMILES string of the molecule is COc1cccc(-c2noc(CN(C)C(=O)c3ccc([N+](=O)[O-])cc3)n2)c1. The normalized spacial score (nSPS) is 10.4. The summed E-state index contributed by atoms with van der Waals surface area (Å²) >= 11 is 0. The lowest BCUT2D eigenvalue weighted by Crippen LogP contribution is -2.26. The van der Waals surface area contributed by atoms with Crippen molar-refractivity contribution < 1.29 is 19.0 Å². The number of benzene rings is 2. The topological polar surface area (TPSA) is 112 Å². The van der Waals surface area contributed by atoms with Gasteiger partial charge in [-0.05, 0) is 24.3 Å². The molecule has 1 heterocycles. The highest BCUT2D eigenvalue weighted by molar-refractivity contribution is 5.94. The molecule has 0 saturated heterocycles. The van der Waals surface area contributed by atoms with Gasteiger partial charge in [0, 0.05) is 30.3 Å². The van der Waals surface area contributed by atoms with E-state index in [1.54, 1.807) is 26.3 Å². The first kappa shape index (κ1) is 18.1. The van der Waals surface area contributed by atoms with Gasteiger partial charge >= 0.3 is 0 Å². The molecule has 138 valence electrons. The smallest absolute Gasteiger partial charge is 0.269 e. The van der Waals surface area contributed by atoms with Crippen molar-refractivity contribution in [2.75, 3.05) is 14.2 Å². The van der Waals surface area contributed by atoms with E-state index >= 15 is 0 Å². The second-order valence-corrected chi connectivity index (χ2v) is 5.71. The fraction of sp³-hybridized carbons (Fsp3) is 0.167. The van der Waals surface area contributed by atoms with E-state index in [2.05, 4.69) is 10.1 Å². The van der Waals surface area contributed by atoms with Gasteiger partial charge < -0.3 is 14.2 Å². The van der Waals surface area contributed by atoms with Crippen molar-refractivity contribution in [2.24, 2.45) is 0 Å². The average Bonchev–Trinajstić information content (AvgIpc) is 3.16. The van der Waals surface area contributed by atoms with Crippen LogP contribution in [0.25, 0.3) is 11.4 Å². The van der Waals surface area contributed by atoms with Crippen LogP contribution in [0.5, 0.6) is 5.75 Å². The molecule has 0 radical (unpaired) electrons. The lowest BCUT2D eigenvalue weighted by molar-refractivity contribution is -0.384. The van der Waals surface area contributed by atoms with E-state index in [0.29, 0.717) is 17.1 Å². The van der Waals surface area contributed by atoms with Crippen molar-refractivity contribution in [3.05, 3.63) is 70.1 Å². The van der Waals surface area contributed by atoms with Gasteiger partial charge in [0.1, 0.15) is 5.75 Å². The molecule has 0 bridgehead atoms. The first-order valence-electron chi connectivity index (χ1n) is 7.95. The molecule has 27 heavy (non-hydrogen) atoms. The van der Waals surface area contributed by atoms with Crippen LogP contribution in [-0.2, 0) is 6.54 Å². The molecule has 3 aromatic rings. The standard InChI is InChI=1S/C18H16N4O5/c1-21(18(23)12-6-8-14(9-7-12)22(24)25)11-16-19-17(20-27-16)13-4-3-5-15(10-13)26-2/h3-10H,11H2,1-2H3. The molecule has 2 aromatic carbocycles. The van der Waals surface area contributed by atoms with Gasteiger partial charge in [0.2, 0.25) is 11.7 Å². The van der Waals surface area contributed by atoms with Crippen LogP contribution in [0, 0.1) is 10.1 Å². The van der Waals surface area contributed by atoms with Crippen molar-refractivity contribution in [1.82, 2.24) is 15.0 Å². The maximum atomic E-state index is 12.4. The van der Waals surface area contributed by atoms with Crippen molar-refractivity contribution in [1.29, 1.82) is 0 Å². The number of nitro benzene ring substituents is 1. The highest BCUT2D eigenvalue weighted by Crippen LogP contribution is 2.21. The van der Waals surface area contributed by atoms with Crippen LogP contribution in [0.4, 0.5) is 5.69 Å². The quantitative estimate of drug-likeness (QED) is 0.486. The third kappa shape index (κ3) is 4.09. The Balaban J connectivity index is 1.70. The summed E-state index contributed by atoms with van der Waals surface area (Å²) in [5.41, 5.74) is 0.985. The number of ether oxygens (including phenoxy) is 1. The highest BCUT2D eigenvalue weighted by Gasteiger charge is 2.17. The predicted molar refractivity (Wildman–Crippen MR) is 95.2 cm³/mol. The summed E-state index contributed by atoms with van der Waals surface area (Å²) in [4.78, 5) is 28.3. The van der Waals surface area contributed by atoms with E-state index in [9.17, 15) is 14.9 Å². The highest BCUT2D eigenvalue weighted by atomic mass is 16.6. The van der Waals surface area contributed by atoms with Crippen molar-refractivity contribution in [3.63, 3.8) is 0 Å². The minimum atomic E-state index is -0.517. The van der Waals surface area contributed by atoms with E-state index in [0.717, 1.165) is 5.56 Å². The summed E-state index contributed by atoms with van der Waals surface area (Å²) in [5.74, 6) is 1.01. The van der Waals surface area contributed by atoms with E-state index in [4.69, 9.17) is 9.26 Å². The van der Waals surface area contributed by atoms with E-state index in [-0.39, 0.29) is 24.0 Å². The number of hydrogen-bond acceptors (Lipinski definition) is 7. The fourth-order valence-electron chi connectivity index (χ4n) is 2.42. The van der Waals surface area contributed by atoms with Crippen LogP contribution in [0.1, 0.15) is 16.2 Å². The Labute approximate surface area is 154 Å². The number of carbonyl (C=O) groups excluding carboxylic acids is 1. The van der Waals surface area contributed by atoms with Gasteiger partial charge in [0.05, 0.1) is 18.6 Å². The number of nitro groups is 1. The largest absolute Gasteiger partial charge is 0.497 e. The van der Waals surface area contributed by atoms with Crippen molar-refractivity contribution in [3.8, 4) is 17.1 Å². The lowest BCUT2D eigenvalue weighted by atomic mass is 10.2. The molecule has 0 saturated carbocycles. The minimum absolute atomic E-state index is 0.0750. The monoisotopic (exact) mass is 368 g/mol. The Bertz CT molecular complexity index is 968. The molecule has 0 aliphatic carbocycles. The van der Waals surface area contributed by atoms with Gasteiger partial charge in [-0.2, -0.15) is 4.98 Å². The van der Waals surface area contributed by atoms with Gasteiger partial charge in [-0.15, -0.1) is 0 Å². The molecule has 0 aliphatic rings. The molecule has 0 N–H and O–H groups in total. The van der Waals surface area contributed by atoms with Crippen molar-refractivity contribution >= 4 is 11.6 Å². The Hall–Kier alpha value is -3.75. The minimum Gasteiger partial charge on any atom is -0.497 e. The number of amides is 1. The van der Waals surface area contributed by atoms with Gasteiger partial charge in [0.15, 0.2) is 0 Å². The zero-order chi connectivity index (χ0) is 19.4. The maximum Gasteiger partial charge on any atom is 0.269 e. The lowest BCUT2D eigenvalue weighted by Gasteiger charge is -2.14. The van der Waals surface area contributed by atoms with Gasteiger partial charge in [-0.3, -0.25) is 14.9 Å². The zero-order valence-corrected chi connectivity index (χ0v) is 14.7. The number of hydrogen-bond donors (Lipinski definition) is 0. The molecular weight excluding hydrogens is 352 g/mol. The molecule has 0 unspecified atom stereocenters. The molecule has 1 aromatic heterocycles. The Morgan fingerprint density at radius 1 is 1.26 bits per heavy atom. The number of methoxy groups -OCH3 is 1. The Morgan fingerprint density at radius 2 is 2.00 bits per heavy atom.